The predicted octanol–water partition coefficient (Wildman–Crippen LogP) is 3.76. The molecule has 0 saturated heterocycles. The van der Waals surface area contributed by atoms with Crippen molar-refractivity contribution in [1.29, 1.82) is 0 Å². The minimum absolute atomic E-state index is 0.0852. The third-order valence-electron chi connectivity index (χ3n) is 2.96. The lowest BCUT2D eigenvalue weighted by Gasteiger charge is -2.19. The maximum absolute atomic E-state index is 11.3. The van der Waals surface area contributed by atoms with Gasteiger partial charge in [-0.1, -0.05) is 41.1 Å². The zero-order valence-corrected chi connectivity index (χ0v) is 11.3. The maximum Gasteiger partial charge on any atom is 0.144 e. The molecule has 0 saturated carbocycles. The quantitative estimate of drug-likeness (QED) is 0.763. The van der Waals surface area contributed by atoms with E-state index in [1.807, 2.05) is 6.07 Å². The minimum atomic E-state index is -0.0852. The molecular formula is C13H17BrO. The lowest BCUT2D eigenvalue weighted by Crippen LogP contribution is -2.18. The molecule has 0 aliphatic carbocycles. The van der Waals surface area contributed by atoms with Crippen LogP contribution in [0.15, 0.2) is 18.2 Å². The van der Waals surface area contributed by atoms with Crippen molar-refractivity contribution < 1.29 is 4.79 Å². The van der Waals surface area contributed by atoms with Gasteiger partial charge in [0.05, 0.1) is 4.83 Å². The Kier molecular flexibility index (Phi) is 4.09. The third kappa shape index (κ3) is 2.69. The van der Waals surface area contributed by atoms with E-state index in [0.717, 1.165) is 0 Å². The van der Waals surface area contributed by atoms with E-state index in [2.05, 4.69) is 48.8 Å². The zero-order chi connectivity index (χ0) is 11.6. The fourth-order valence-electron chi connectivity index (χ4n) is 1.78. The van der Waals surface area contributed by atoms with Crippen LogP contribution in [0.4, 0.5) is 0 Å². The zero-order valence-electron chi connectivity index (χ0n) is 9.67. The van der Waals surface area contributed by atoms with Gasteiger partial charge >= 0.3 is 0 Å². The molecule has 0 aromatic heterocycles. The van der Waals surface area contributed by atoms with Crippen molar-refractivity contribution in [2.45, 2.75) is 38.4 Å². The number of Topliss-reactive ketones (excluding diaryl/α,β-unsaturated/α-hetero) is 1. The number of ketones is 1. The molecule has 2 heteroatoms. The van der Waals surface area contributed by atoms with Gasteiger partial charge in [-0.3, -0.25) is 4.79 Å². The number of carbonyl (C=O) groups excluding carboxylic acids is 1. The molecule has 0 amide bonds. The third-order valence-corrected chi connectivity index (χ3v) is 4.40. The molecule has 0 spiro atoms. The van der Waals surface area contributed by atoms with E-state index in [9.17, 15) is 4.79 Å². The van der Waals surface area contributed by atoms with Gasteiger partial charge in [0, 0.05) is 5.92 Å². The van der Waals surface area contributed by atoms with Gasteiger partial charge in [-0.25, -0.2) is 0 Å². The number of aryl methyl sites for hydroxylation is 1. The molecular weight excluding hydrogens is 252 g/mol. The van der Waals surface area contributed by atoms with Crippen molar-refractivity contribution in [3.8, 4) is 0 Å². The van der Waals surface area contributed by atoms with Gasteiger partial charge in [-0.15, -0.1) is 0 Å². The molecule has 0 heterocycles. The van der Waals surface area contributed by atoms with E-state index in [1.165, 1.54) is 16.7 Å². The summed E-state index contributed by atoms with van der Waals surface area (Å²) in [5.74, 6) is 0.408. The Hall–Kier alpha value is -0.630. The topological polar surface area (TPSA) is 17.1 Å². The first-order chi connectivity index (χ1) is 6.95. The number of carbonyl (C=O) groups is 1. The van der Waals surface area contributed by atoms with Gasteiger partial charge in [0.2, 0.25) is 0 Å². The lowest BCUT2D eigenvalue weighted by atomic mass is 9.90. The van der Waals surface area contributed by atoms with Gasteiger partial charge in [-0.05, 0) is 37.5 Å². The predicted molar refractivity (Wildman–Crippen MR) is 67.7 cm³/mol. The van der Waals surface area contributed by atoms with Crippen LogP contribution in [0.1, 0.15) is 36.5 Å². The first-order valence-corrected chi connectivity index (χ1v) is 6.07. The smallest absolute Gasteiger partial charge is 0.144 e. The summed E-state index contributed by atoms with van der Waals surface area (Å²) in [6, 6.07) is 6.25. The van der Waals surface area contributed by atoms with Gasteiger partial charge in [0.25, 0.3) is 0 Å². The van der Waals surface area contributed by atoms with Crippen LogP contribution < -0.4 is 0 Å². The van der Waals surface area contributed by atoms with Crippen LogP contribution >= 0.6 is 15.9 Å². The molecule has 2 atom stereocenters. The Morgan fingerprint density at radius 3 is 2.47 bits per heavy atom. The number of rotatable bonds is 3. The summed E-state index contributed by atoms with van der Waals surface area (Å²) in [6.45, 7) is 7.92. The normalized spacial score (nSPS) is 14.7. The average molecular weight is 269 g/mol. The highest BCUT2D eigenvalue weighted by Gasteiger charge is 2.21. The van der Waals surface area contributed by atoms with Crippen LogP contribution in [0.5, 0.6) is 0 Å². The lowest BCUT2D eigenvalue weighted by molar-refractivity contribution is -0.116. The Bertz CT molecular complexity index is 371. The van der Waals surface area contributed by atoms with Crippen molar-refractivity contribution in [1.82, 2.24) is 0 Å². The minimum Gasteiger partial charge on any atom is -0.299 e. The van der Waals surface area contributed by atoms with Crippen LogP contribution in [0.25, 0.3) is 0 Å². The summed E-state index contributed by atoms with van der Waals surface area (Å²) in [5, 5.41) is 0. The molecule has 0 aliphatic rings. The summed E-state index contributed by atoms with van der Waals surface area (Å²) in [6.07, 6.45) is 0. The monoisotopic (exact) mass is 268 g/mol. The molecule has 0 fully saturated rings. The Morgan fingerprint density at radius 1 is 1.33 bits per heavy atom. The van der Waals surface area contributed by atoms with Gasteiger partial charge in [0.1, 0.15) is 5.78 Å². The van der Waals surface area contributed by atoms with Crippen molar-refractivity contribution in [2.24, 2.45) is 0 Å². The van der Waals surface area contributed by atoms with E-state index in [-0.39, 0.29) is 16.5 Å². The second-order valence-corrected chi connectivity index (χ2v) is 5.08. The number of hydrogen-bond donors (Lipinski definition) is 0. The fraction of sp³-hybridized carbons (Fsp3) is 0.462. The van der Waals surface area contributed by atoms with Gasteiger partial charge in [0.15, 0.2) is 0 Å². The molecule has 1 rings (SSSR count). The van der Waals surface area contributed by atoms with Crippen LogP contribution in [0, 0.1) is 13.8 Å². The molecule has 0 N–H and O–H groups in total. The summed E-state index contributed by atoms with van der Waals surface area (Å²) < 4.78 is 0. The van der Waals surface area contributed by atoms with Crippen LogP contribution in [-0.4, -0.2) is 10.6 Å². The first-order valence-electron chi connectivity index (χ1n) is 5.15. The van der Waals surface area contributed by atoms with E-state index < -0.39 is 0 Å². The molecule has 1 aromatic carbocycles. The van der Waals surface area contributed by atoms with E-state index in [0.29, 0.717) is 0 Å². The molecule has 0 bridgehead atoms. The van der Waals surface area contributed by atoms with Gasteiger partial charge in [-0.2, -0.15) is 0 Å². The number of halogens is 1. The van der Waals surface area contributed by atoms with Gasteiger partial charge < -0.3 is 0 Å². The number of benzene rings is 1. The Labute approximate surface area is 100 Å². The molecule has 1 aromatic rings. The Morgan fingerprint density at radius 2 is 1.93 bits per heavy atom. The molecule has 0 aliphatic heterocycles. The van der Waals surface area contributed by atoms with Crippen molar-refractivity contribution in [3.63, 3.8) is 0 Å². The van der Waals surface area contributed by atoms with E-state index >= 15 is 0 Å². The number of alkyl halides is 1. The molecule has 82 valence electrons. The summed E-state index contributed by atoms with van der Waals surface area (Å²) in [4.78, 5) is 11.2. The van der Waals surface area contributed by atoms with Crippen LogP contribution in [0.3, 0.4) is 0 Å². The standard InChI is InChI=1S/C13H17BrO/c1-8-6-5-7-12(9(8)2)10(3)13(14)11(4)15/h5-7,10,13H,1-4H3. The maximum atomic E-state index is 11.3. The molecule has 0 radical (unpaired) electrons. The largest absolute Gasteiger partial charge is 0.299 e. The highest BCUT2D eigenvalue weighted by Crippen LogP contribution is 2.28. The summed E-state index contributed by atoms with van der Waals surface area (Å²) in [5.41, 5.74) is 3.82. The first kappa shape index (κ1) is 12.4. The number of hydrogen-bond acceptors (Lipinski definition) is 1. The van der Waals surface area contributed by atoms with Crippen molar-refractivity contribution in [3.05, 3.63) is 34.9 Å². The van der Waals surface area contributed by atoms with Crippen molar-refractivity contribution >= 4 is 21.7 Å². The second kappa shape index (κ2) is 4.93. The molecule has 15 heavy (non-hydrogen) atoms. The second-order valence-electron chi connectivity index (χ2n) is 4.09. The molecule has 1 nitrogen and oxygen atoms in total. The fourth-order valence-corrected chi connectivity index (χ4v) is 2.06. The van der Waals surface area contributed by atoms with Crippen molar-refractivity contribution in [2.75, 3.05) is 0 Å². The highest BCUT2D eigenvalue weighted by atomic mass is 79.9. The summed E-state index contributed by atoms with van der Waals surface area (Å²) >= 11 is 3.45. The van der Waals surface area contributed by atoms with E-state index in [4.69, 9.17) is 0 Å². The van der Waals surface area contributed by atoms with E-state index in [1.54, 1.807) is 6.92 Å². The highest BCUT2D eigenvalue weighted by molar-refractivity contribution is 9.10. The Balaban J connectivity index is 3.06. The van der Waals surface area contributed by atoms with Crippen LogP contribution in [-0.2, 0) is 4.79 Å². The SMILES string of the molecule is CC(=O)C(Br)C(C)c1cccc(C)c1C. The summed E-state index contributed by atoms with van der Waals surface area (Å²) in [7, 11) is 0. The van der Waals surface area contributed by atoms with Crippen LogP contribution in [0.2, 0.25) is 0 Å². The average Bonchev–Trinajstić information content (AvgIpc) is 2.20. The molecule has 2 unspecified atom stereocenters.